The molecule has 3 nitrogen and oxygen atoms in total. The summed E-state index contributed by atoms with van der Waals surface area (Å²) in [6.07, 6.45) is 4.77. The average Bonchev–Trinajstić information content (AvgIpc) is 2.80. The number of amides is 1. The van der Waals surface area contributed by atoms with Gasteiger partial charge in [-0.3, -0.25) is 9.69 Å². The van der Waals surface area contributed by atoms with E-state index in [0.717, 1.165) is 12.0 Å². The zero-order valence-corrected chi connectivity index (χ0v) is 16.8. The van der Waals surface area contributed by atoms with Crippen LogP contribution in [0.15, 0.2) is 35.8 Å². The van der Waals surface area contributed by atoms with Crippen LogP contribution in [0.3, 0.4) is 0 Å². The minimum atomic E-state index is -0.0288. The van der Waals surface area contributed by atoms with Crippen LogP contribution >= 0.6 is 24.0 Å². The van der Waals surface area contributed by atoms with Crippen LogP contribution < -0.4 is 4.90 Å². The monoisotopic (exact) mass is 372 g/mol. The van der Waals surface area contributed by atoms with Crippen LogP contribution in [-0.4, -0.2) is 34.3 Å². The molecule has 0 radical (unpaired) electrons. The summed E-state index contributed by atoms with van der Waals surface area (Å²) in [5, 5.41) is 0. The summed E-state index contributed by atoms with van der Waals surface area (Å²) in [7, 11) is 2.16. The van der Waals surface area contributed by atoms with E-state index in [1.165, 1.54) is 23.0 Å². The third-order valence-electron chi connectivity index (χ3n) is 5.14. The van der Waals surface area contributed by atoms with Crippen LogP contribution in [0.4, 0.5) is 5.69 Å². The van der Waals surface area contributed by atoms with Gasteiger partial charge in [0.15, 0.2) is 0 Å². The Hall–Kier alpha value is -1.59. The van der Waals surface area contributed by atoms with Gasteiger partial charge in [-0.05, 0) is 55.5 Å². The second-order valence-corrected chi connectivity index (χ2v) is 9.05. The van der Waals surface area contributed by atoms with Gasteiger partial charge in [-0.25, -0.2) is 0 Å². The maximum atomic E-state index is 12.5. The van der Waals surface area contributed by atoms with E-state index in [1.807, 2.05) is 6.08 Å². The molecule has 3 rings (SSSR count). The molecular weight excluding hydrogens is 348 g/mol. The van der Waals surface area contributed by atoms with Gasteiger partial charge in [0.1, 0.15) is 4.32 Å². The molecule has 2 aliphatic heterocycles. The number of anilines is 1. The number of nitrogens with zero attached hydrogens (tertiary/aromatic N) is 2. The quantitative estimate of drug-likeness (QED) is 0.432. The number of fused-ring (bicyclic) bond motifs is 1. The van der Waals surface area contributed by atoms with Crippen molar-refractivity contribution >= 4 is 46.0 Å². The average molecular weight is 373 g/mol. The van der Waals surface area contributed by atoms with E-state index in [0.29, 0.717) is 21.7 Å². The number of thioether (sulfide) groups is 1. The van der Waals surface area contributed by atoms with E-state index in [9.17, 15) is 4.79 Å². The summed E-state index contributed by atoms with van der Waals surface area (Å²) in [6.45, 7) is 11.0. The number of hydrogen-bond acceptors (Lipinski definition) is 4. The standard InChI is InChI=1S/C20H24N2OS2/c1-6-9-22-18(23)17(25-19(22)24)11-14-7-8-16-15(10-14)13(2)12-20(3,4)21(16)5/h6-8,10-11,13H,1,9,12H2,2-5H3/b17-11-/t13-/m0/s1. The number of rotatable bonds is 3. The Morgan fingerprint density at radius 2 is 2.16 bits per heavy atom. The third kappa shape index (κ3) is 3.27. The van der Waals surface area contributed by atoms with Crippen LogP contribution in [0.1, 0.15) is 44.2 Å². The highest BCUT2D eigenvalue weighted by atomic mass is 32.2. The maximum absolute atomic E-state index is 12.5. The van der Waals surface area contributed by atoms with Crippen molar-refractivity contribution in [1.82, 2.24) is 4.90 Å². The van der Waals surface area contributed by atoms with Gasteiger partial charge in [-0.15, -0.1) is 6.58 Å². The van der Waals surface area contributed by atoms with Crippen molar-refractivity contribution in [3.8, 4) is 0 Å². The molecule has 5 heteroatoms. The van der Waals surface area contributed by atoms with Crippen LogP contribution in [0.2, 0.25) is 0 Å². The zero-order valence-electron chi connectivity index (χ0n) is 15.2. The maximum Gasteiger partial charge on any atom is 0.266 e. The Kier molecular flexibility index (Phi) is 4.82. The van der Waals surface area contributed by atoms with Gasteiger partial charge in [0, 0.05) is 24.8 Å². The summed E-state index contributed by atoms with van der Waals surface area (Å²) in [6, 6.07) is 6.47. The lowest BCUT2D eigenvalue weighted by Crippen LogP contribution is -2.45. The molecular formula is C20H24N2OS2. The highest BCUT2D eigenvalue weighted by molar-refractivity contribution is 8.26. The molecule has 0 spiro atoms. The fraction of sp³-hybridized carbons (Fsp3) is 0.400. The summed E-state index contributed by atoms with van der Waals surface area (Å²) in [5.74, 6) is 0.462. The topological polar surface area (TPSA) is 23.6 Å². The fourth-order valence-corrected chi connectivity index (χ4v) is 4.90. The van der Waals surface area contributed by atoms with E-state index in [1.54, 1.807) is 11.0 Å². The molecule has 1 amide bonds. The van der Waals surface area contributed by atoms with Crippen molar-refractivity contribution in [2.45, 2.75) is 38.6 Å². The van der Waals surface area contributed by atoms with Crippen molar-refractivity contribution in [3.63, 3.8) is 0 Å². The predicted molar refractivity (Wildman–Crippen MR) is 112 cm³/mol. The van der Waals surface area contributed by atoms with Crippen molar-refractivity contribution in [1.29, 1.82) is 0 Å². The van der Waals surface area contributed by atoms with Gasteiger partial charge in [0.25, 0.3) is 5.91 Å². The van der Waals surface area contributed by atoms with Crippen molar-refractivity contribution < 1.29 is 4.79 Å². The predicted octanol–water partition coefficient (Wildman–Crippen LogP) is 4.80. The largest absolute Gasteiger partial charge is 0.369 e. The molecule has 1 atom stereocenters. The molecule has 0 saturated carbocycles. The second kappa shape index (κ2) is 6.61. The van der Waals surface area contributed by atoms with Crippen molar-refractivity contribution in [2.75, 3.05) is 18.5 Å². The van der Waals surface area contributed by atoms with E-state index in [2.05, 4.69) is 57.5 Å². The Bertz CT molecular complexity index is 782. The van der Waals surface area contributed by atoms with Crippen LogP contribution in [0, 0.1) is 0 Å². The molecule has 2 aliphatic rings. The smallest absolute Gasteiger partial charge is 0.266 e. The van der Waals surface area contributed by atoms with Crippen LogP contribution in [0.5, 0.6) is 0 Å². The van der Waals surface area contributed by atoms with Crippen LogP contribution in [0.25, 0.3) is 6.08 Å². The number of carbonyl (C=O) groups excluding carboxylic acids is 1. The molecule has 132 valence electrons. The van der Waals surface area contributed by atoms with Gasteiger partial charge in [0.2, 0.25) is 0 Å². The first kappa shape index (κ1) is 18.2. The Morgan fingerprint density at radius 1 is 1.44 bits per heavy atom. The van der Waals surface area contributed by atoms with Crippen LogP contribution in [-0.2, 0) is 4.79 Å². The highest BCUT2D eigenvalue weighted by Gasteiger charge is 2.34. The van der Waals surface area contributed by atoms with Gasteiger partial charge in [-0.1, -0.05) is 43.0 Å². The normalized spacial score (nSPS) is 24.0. The molecule has 0 N–H and O–H groups in total. The molecule has 2 heterocycles. The van der Waals surface area contributed by atoms with Crippen molar-refractivity contribution in [2.24, 2.45) is 0 Å². The van der Waals surface area contributed by atoms with Gasteiger partial charge >= 0.3 is 0 Å². The molecule has 1 fully saturated rings. The van der Waals surface area contributed by atoms with E-state index < -0.39 is 0 Å². The minimum Gasteiger partial charge on any atom is -0.369 e. The summed E-state index contributed by atoms with van der Waals surface area (Å²) < 4.78 is 0.601. The van der Waals surface area contributed by atoms with Gasteiger partial charge < -0.3 is 4.90 Å². The number of thiocarbonyl (C=S) groups is 1. The fourth-order valence-electron chi connectivity index (χ4n) is 3.62. The first-order valence-corrected chi connectivity index (χ1v) is 9.71. The summed E-state index contributed by atoms with van der Waals surface area (Å²) >= 11 is 6.67. The molecule has 1 saturated heterocycles. The lowest BCUT2D eigenvalue weighted by Gasteiger charge is -2.45. The zero-order chi connectivity index (χ0) is 18.4. The second-order valence-electron chi connectivity index (χ2n) is 7.38. The van der Waals surface area contributed by atoms with E-state index in [4.69, 9.17) is 12.2 Å². The molecule has 0 bridgehead atoms. The first-order chi connectivity index (χ1) is 11.7. The van der Waals surface area contributed by atoms with E-state index in [-0.39, 0.29) is 11.4 Å². The molecule has 1 aromatic carbocycles. The van der Waals surface area contributed by atoms with Gasteiger partial charge in [-0.2, -0.15) is 0 Å². The third-order valence-corrected chi connectivity index (χ3v) is 6.52. The first-order valence-electron chi connectivity index (χ1n) is 8.48. The lowest BCUT2D eigenvalue weighted by atomic mass is 9.80. The molecule has 0 unspecified atom stereocenters. The Labute approximate surface area is 159 Å². The Morgan fingerprint density at radius 3 is 2.84 bits per heavy atom. The molecule has 0 aliphatic carbocycles. The number of benzene rings is 1. The highest BCUT2D eigenvalue weighted by Crippen LogP contribution is 2.43. The van der Waals surface area contributed by atoms with E-state index >= 15 is 0 Å². The molecule has 1 aromatic rings. The molecule has 0 aromatic heterocycles. The summed E-state index contributed by atoms with van der Waals surface area (Å²) in [5.41, 5.74) is 3.83. The minimum absolute atomic E-state index is 0.0288. The SMILES string of the molecule is C=CCN1C(=O)/C(=C/c2ccc3c(c2)[C@@H](C)CC(C)(C)N3C)SC1=S. The Balaban J connectivity index is 1.94. The lowest BCUT2D eigenvalue weighted by molar-refractivity contribution is -0.121. The number of hydrogen-bond donors (Lipinski definition) is 0. The van der Waals surface area contributed by atoms with Crippen molar-refractivity contribution in [3.05, 3.63) is 46.9 Å². The van der Waals surface area contributed by atoms with Gasteiger partial charge in [0.05, 0.1) is 4.91 Å². The number of carbonyl (C=O) groups is 1. The summed E-state index contributed by atoms with van der Waals surface area (Å²) in [4.78, 5) is 17.1. The molecule has 25 heavy (non-hydrogen) atoms.